The summed E-state index contributed by atoms with van der Waals surface area (Å²) in [5, 5.41) is 6.11. The normalized spacial score (nSPS) is 26.1. The summed E-state index contributed by atoms with van der Waals surface area (Å²) in [6.45, 7) is 2.27. The highest BCUT2D eigenvalue weighted by atomic mass is 16.5. The van der Waals surface area contributed by atoms with E-state index in [1.807, 2.05) is 0 Å². The third kappa shape index (κ3) is 3.46. The average molecular weight is 226 g/mol. The molecule has 0 bridgehead atoms. The van der Waals surface area contributed by atoms with Gasteiger partial charge < -0.3 is 15.4 Å². The Labute approximate surface area is 97.1 Å². The summed E-state index contributed by atoms with van der Waals surface area (Å²) >= 11 is 0. The summed E-state index contributed by atoms with van der Waals surface area (Å²) in [4.78, 5) is 11.6. The zero-order valence-corrected chi connectivity index (χ0v) is 9.84. The van der Waals surface area contributed by atoms with E-state index < -0.39 is 0 Å². The Hall–Kier alpha value is -0.610. The van der Waals surface area contributed by atoms with Crippen molar-refractivity contribution in [1.82, 2.24) is 10.6 Å². The first kappa shape index (κ1) is 11.9. The maximum absolute atomic E-state index is 11.6. The molecule has 1 atom stereocenters. The van der Waals surface area contributed by atoms with Crippen molar-refractivity contribution in [3.05, 3.63) is 0 Å². The Morgan fingerprint density at radius 2 is 2.06 bits per heavy atom. The molecule has 2 rings (SSSR count). The van der Waals surface area contributed by atoms with Gasteiger partial charge in [0, 0.05) is 6.54 Å². The van der Waals surface area contributed by atoms with Crippen molar-refractivity contribution < 1.29 is 9.53 Å². The van der Waals surface area contributed by atoms with Gasteiger partial charge in [-0.3, -0.25) is 4.79 Å². The number of rotatable bonds is 5. The van der Waals surface area contributed by atoms with E-state index >= 15 is 0 Å². The minimum absolute atomic E-state index is 0.0338. The van der Waals surface area contributed by atoms with Gasteiger partial charge in [-0.15, -0.1) is 0 Å². The van der Waals surface area contributed by atoms with Gasteiger partial charge in [-0.05, 0) is 32.2 Å². The second kappa shape index (κ2) is 6.21. The van der Waals surface area contributed by atoms with Crippen LogP contribution in [0.2, 0.25) is 0 Å². The quantitative estimate of drug-likeness (QED) is 0.682. The molecule has 0 radical (unpaired) electrons. The van der Waals surface area contributed by atoms with Crippen LogP contribution in [-0.2, 0) is 9.53 Å². The lowest BCUT2D eigenvalue weighted by Gasteiger charge is -2.13. The van der Waals surface area contributed by atoms with Crippen LogP contribution in [0.25, 0.3) is 0 Å². The Balaban J connectivity index is 1.51. The summed E-state index contributed by atoms with van der Waals surface area (Å²) in [6.07, 6.45) is 7.50. The largest absolute Gasteiger partial charge is 0.376 e. The zero-order chi connectivity index (χ0) is 11.2. The number of hydrogen-bond acceptors (Lipinski definition) is 3. The lowest BCUT2D eigenvalue weighted by atomic mass is 10.2. The van der Waals surface area contributed by atoms with Crippen LogP contribution >= 0.6 is 0 Å². The number of carbonyl (C=O) groups is 1. The fourth-order valence-corrected chi connectivity index (χ4v) is 2.49. The SMILES string of the molecule is O=C(NCCOC1CCCC1)C1CCCN1. The number of ether oxygens (including phenoxy) is 1. The maximum Gasteiger partial charge on any atom is 0.237 e. The Morgan fingerprint density at radius 1 is 1.25 bits per heavy atom. The smallest absolute Gasteiger partial charge is 0.237 e. The van der Waals surface area contributed by atoms with Crippen molar-refractivity contribution in [2.24, 2.45) is 0 Å². The molecular formula is C12H22N2O2. The van der Waals surface area contributed by atoms with Crippen molar-refractivity contribution in [3.8, 4) is 0 Å². The summed E-state index contributed by atoms with van der Waals surface area (Å²) in [5.41, 5.74) is 0. The van der Waals surface area contributed by atoms with Gasteiger partial charge in [-0.25, -0.2) is 0 Å². The van der Waals surface area contributed by atoms with Gasteiger partial charge in [0.05, 0.1) is 18.8 Å². The van der Waals surface area contributed by atoms with Crippen molar-refractivity contribution in [1.29, 1.82) is 0 Å². The minimum Gasteiger partial charge on any atom is -0.376 e. The fraction of sp³-hybridized carbons (Fsp3) is 0.917. The highest BCUT2D eigenvalue weighted by molar-refractivity contribution is 5.81. The lowest BCUT2D eigenvalue weighted by Crippen LogP contribution is -2.41. The molecule has 16 heavy (non-hydrogen) atoms. The number of hydrogen-bond donors (Lipinski definition) is 2. The third-order valence-corrected chi connectivity index (χ3v) is 3.43. The van der Waals surface area contributed by atoms with Crippen LogP contribution in [0, 0.1) is 0 Å². The van der Waals surface area contributed by atoms with Gasteiger partial charge in [0.15, 0.2) is 0 Å². The van der Waals surface area contributed by atoms with Gasteiger partial charge in [0.1, 0.15) is 0 Å². The van der Waals surface area contributed by atoms with E-state index in [9.17, 15) is 4.79 Å². The fourth-order valence-electron chi connectivity index (χ4n) is 2.49. The Kier molecular flexibility index (Phi) is 4.60. The van der Waals surface area contributed by atoms with E-state index in [0.717, 1.165) is 19.4 Å². The van der Waals surface area contributed by atoms with Crippen LogP contribution < -0.4 is 10.6 Å². The van der Waals surface area contributed by atoms with Gasteiger partial charge in [0.2, 0.25) is 5.91 Å². The summed E-state index contributed by atoms with van der Waals surface area (Å²) < 4.78 is 5.68. The Bertz CT molecular complexity index is 221. The van der Waals surface area contributed by atoms with E-state index in [1.54, 1.807) is 0 Å². The summed E-state index contributed by atoms with van der Waals surface area (Å²) in [5.74, 6) is 0.132. The minimum atomic E-state index is 0.0338. The van der Waals surface area contributed by atoms with Gasteiger partial charge in [-0.2, -0.15) is 0 Å². The predicted molar refractivity (Wildman–Crippen MR) is 62.2 cm³/mol. The van der Waals surface area contributed by atoms with Gasteiger partial charge >= 0.3 is 0 Å². The topological polar surface area (TPSA) is 50.4 Å². The first-order chi connectivity index (χ1) is 7.86. The molecule has 2 N–H and O–H groups in total. The maximum atomic E-state index is 11.6. The molecule has 0 aromatic carbocycles. The summed E-state index contributed by atoms with van der Waals surface area (Å²) in [7, 11) is 0. The average Bonchev–Trinajstić information content (AvgIpc) is 2.96. The Morgan fingerprint density at radius 3 is 2.75 bits per heavy atom. The number of amides is 1. The molecule has 1 saturated carbocycles. The van der Waals surface area contributed by atoms with Crippen LogP contribution in [0.4, 0.5) is 0 Å². The number of nitrogens with one attached hydrogen (secondary N) is 2. The molecule has 1 saturated heterocycles. The lowest BCUT2D eigenvalue weighted by molar-refractivity contribution is -0.123. The molecule has 1 amide bonds. The van der Waals surface area contributed by atoms with Crippen molar-refractivity contribution in [2.45, 2.75) is 50.7 Å². The molecule has 2 fully saturated rings. The standard InChI is InChI=1S/C12H22N2O2/c15-12(11-6-3-7-13-11)14-8-9-16-10-4-1-2-5-10/h10-11,13H,1-9H2,(H,14,15). The molecule has 0 spiro atoms. The van der Waals surface area contributed by atoms with E-state index in [-0.39, 0.29) is 11.9 Å². The first-order valence-corrected chi connectivity index (χ1v) is 6.49. The second-order valence-electron chi connectivity index (χ2n) is 4.72. The second-order valence-corrected chi connectivity index (χ2v) is 4.72. The predicted octanol–water partition coefficient (Wildman–Crippen LogP) is 0.814. The van der Waals surface area contributed by atoms with Crippen molar-refractivity contribution in [3.63, 3.8) is 0 Å². The molecule has 1 aliphatic carbocycles. The van der Waals surface area contributed by atoms with E-state index in [1.165, 1.54) is 25.7 Å². The molecule has 1 unspecified atom stereocenters. The molecule has 2 aliphatic rings. The zero-order valence-electron chi connectivity index (χ0n) is 9.84. The molecular weight excluding hydrogens is 204 g/mol. The monoisotopic (exact) mass is 226 g/mol. The highest BCUT2D eigenvalue weighted by Crippen LogP contribution is 2.20. The molecule has 0 aromatic heterocycles. The van der Waals surface area contributed by atoms with Crippen LogP contribution in [-0.4, -0.2) is 37.7 Å². The van der Waals surface area contributed by atoms with Crippen LogP contribution in [0.3, 0.4) is 0 Å². The van der Waals surface area contributed by atoms with Crippen LogP contribution in [0.5, 0.6) is 0 Å². The van der Waals surface area contributed by atoms with E-state index in [0.29, 0.717) is 19.3 Å². The van der Waals surface area contributed by atoms with Crippen molar-refractivity contribution >= 4 is 5.91 Å². The van der Waals surface area contributed by atoms with Crippen LogP contribution in [0.1, 0.15) is 38.5 Å². The van der Waals surface area contributed by atoms with E-state index in [4.69, 9.17) is 4.74 Å². The molecule has 1 heterocycles. The van der Waals surface area contributed by atoms with Crippen molar-refractivity contribution in [2.75, 3.05) is 19.7 Å². The molecule has 1 aliphatic heterocycles. The van der Waals surface area contributed by atoms with Crippen LogP contribution in [0.15, 0.2) is 0 Å². The van der Waals surface area contributed by atoms with Gasteiger partial charge in [-0.1, -0.05) is 12.8 Å². The molecule has 4 heteroatoms. The molecule has 0 aromatic rings. The molecule has 92 valence electrons. The first-order valence-electron chi connectivity index (χ1n) is 6.49. The summed E-state index contributed by atoms with van der Waals surface area (Å²) in [6, 6.07) is 0.0338. The van der Waals surface area contributed by atoms with Gasteiger partial charge in [0.25, 0.3) is 0 Å². The third-order valence-electron chi connectivity index (χ3n) is 3.43. The molecule has 4 nitrogen and oxygen atoms in total. The van der Waals surface area contributed by atoms with E-state index in [2.05, 4.69) is 10.6 Å². The number of carbonyl (C=O) groups excluding carboxylic acids is 1. The highest BCUT2D eigenvalue weighted by Gasteiger charge is 2.21.